The predicted molar refractivity (Wildman–Crippen MR) is 121 cm³/mol. The maximum Gasteiger partial charge on any atom is 0.416 e. The van der Waals surface area contributed by atoms with E-state index in [9.17, 15) is 26.4 Å². The van der Waals surface area contributed by atoms with E-state index in [0.29, 0.717) is 11.3 Å². The molecule has 1 N–H and O–H groups in total. The molecule has 0 radical (unpaired) electrons. The van der Waals surface area contributed by atoms with Crippen molar-refractivity contribution in [3.63, 3.8) is 0 Å². The maximum absolute atomic E-state index is 12.8. The van der Waals surface area contributed by atoms with Gasteiger partial charge in [0.05, 0.1) is 24.1 Å². The van der Waals surface area contributed by atoms with E-state index in [1.54, 1.807) is 0 Å². The van der Waals surface area contributed by atoms with Crippen molar-refractivity contribution in [3.05, 3.63) is 101 Å². The molecule has 1 amide bonds. The number of carbonyl (C=O) groups excluding carboxylic acids is 1. The number of rotatable bonds is 7. The number of anilines is 1. The first kappa shape index (κ1) is 24.3. The number of hydrogen-bond donors (Lipinski definition) is 1. The fourth-order valence-electron chi connectivity index (χ4n) is 3.26. The minimum atomic E-state index is -4.46. The van der Waals surface area contributed by atoms with Crippen LogP contribution in [0.2, 0.25) is 0 Å². The van der Waals surface area contributed by atoms with Crippen LogP contribution in [0.5, 0.6) is 0 Å². The summed E-state index contributed by atoms with van der Waals surface area (Å²) in [5, 5.41) is 2.58. The summed E-state index contributed by atoms with van der Waals surface area (Å²) in [5.41, 5.74) is 2.00. The molecule has 0 bridgehead atoms. The average molecular weight is 477 g/mol. The Morgan fingerprint density at radius 2 is 1.64 bits per heavy atom. The normalized spacial score (nSPS) is 11.8. The van der Waals surface area contributed by atoms with Gasteiger partial charge in [-0.3, -0.25) is 9.10 Å². The van der Waals surface area contributed by atoms with Gasteiger partial charge in [0.15, 0.2) is 0 Å². The highest BCUT2D eigenvalue weighted by molar-refractivity contribution is 7.92. The standard InChI is InChI=1S/C24H23F3N2O3S/c1-17-6-3-4-8-20(17)16-29(33(2,31)32)22-12-10-19(11-13-22)23(30)28-15-18-7-5-9-21(14-18)24(25,26)27/h3-14H,15-16H2,1-2H3,(H,28,30). The molecule has 0 saturated heterocycles. The molecule has 0 aliphatic carbocycles. The lowest BCUT2D eigenvalue weighted by molar-refractivity contribution is -0.137. The van der Waals surface area contributed by atoms with Gasteiger partial charge in [0.2, 0.25) is 10.0 Å². The van der Waals surface area contributed by atoms with E-state index in [1.807, 2.05) is 31.2 Å². The van der Waals surface area contributed by atoms with Crippen molar-refractivity contribution in [2.24, 2.45) is 0 Å². The van der Waals surface area contributed by atoms with Crippen LogP contribution in [0.15, 0.2) is 72.8 Å². The van der Waals surface area contributed by atoms with Crippen molar-refractivity contribution in [2.45, 2.75) is 26.2 Å². The van der Waals surface area contributed by atoms with Gasteiger partial charge in [0.1, 0.15) is 0 Å². The lowest BCUT2D eigenvalue weighted by Gasteiger charge is -2.23. The maximum atomic E-state index is 12.8. The van der Waals surface area contributed by atoms with Gasteiger partial charge in [-0.1, -0.05) is 36.4 Å². The molecular weight excluding hydrogens is 453 g/mol. The van der Waals surface area contributed by atoms with Gasteiger partial charge >= 0.3 is 6.18 Å². The number of carbonyl (C=O) groups is 1. The van der Waals surface area contributed by atoms with E-state index < -0.39 is 27.7 Å². The SMILES string of the molecule is Cc1ccccc1CN(c1ccc(C(=O)NCc2cccc(C(F)(F)F)c2)cc1)S(C)(=O)=O. The van der Waals surface area contributed by atoms with Crippen LogP contribution in [0.3, 0.4) is 0 Å². The number of aryl methyl sites for hydroxylation is 1. The van der Waals surface area contributed by atoms with Crippen LogP contribution < -0.4 is 9.62 Å². The first-order valence-corrected chi connectivity index (χ1v) is 11.9. The van der Waals surface area contributed by atoms with Crippen molar-refractivity contribution in [2.75, 3.05) is 10.6 Å². The molecule has 3 aromatic carbocycles. The van der Waals surface area contributed by atoms with Crippen LogP contribution in [0.25, 0.3) is 0 Å². The van der Waals surface area contributed by atoms with Crippen molar-refractivity contribution in [1.82, 2.24) is 5.32 Å². The van der Waals surface area contributed by atoms with Crippen molar-refractivity contribution in [1.29, 1.82) is 0 Å². The third-order valence-electron chi connectivity index (χ3n) is 5.10. The summed E-state index contributed by atoms with van der Waals surface area (Å²) in [6.07, 6.45) is -3.35. The summed E-state index contributed by atoms with van der Waals surface area (Å²) in [4.78, 5) is 12.4. The zero-order chi connectivity index (χ0) is 24.2. The third-order valence-corrected chi connectivity index (χ3v) is 6.24. The Labute approximate surface area is 190 Å². The second kappa shape index (κ2) is 9.66. The summed E-state index contributed by atoms with van der Waals surface area (Å²) in [6, 6.07) is 18.2. The van der Waals surface area contributed by atoms with Gasteiger partial charge in [-0.15, -0.1) is 0 Å². The summed E-state index contributed by atoms with van der Waals surface area (Å²) < 4.78 is 64.6. The van der Waals surface area contributed by atoms with Gasteiger partial charge < -0.3 is 5.32 Å². The molecule has 0 spiro atoms. The second-order valence-electron chi connectivity index (χ2n) is 7.62. The number of sulfonamides is 1. The molecule has 0 unspecified atom stereocenters. The lowest BCUT2D eigenvalue weighted by atomic mass is 10.1. The van der Waals surface area contributed by atoms with E-state index >= 15 is 0 Å². The largest absolute Gasteiger partial charge is 0.416 e. The Bertz CT molecular complexity index is 1240. The van der Waals surface area contributed by atoms with E-state index in [0.717, 1.165) is 29.5 Å². The summed E-state index contributed by atoms with van der Waals surface area (Å²) >= 11 is 0. The second-order valence-corrected chi connectivity index (χ2v) is 9.53. The smallest absolute Gasteiger partial charge is 0.348 e. The Morgan fingerprint density at radius 1 is 0.970 bits per heavy atom. The molecule has 0 aromatic heterocycles. The highest BCUT2D eigenvalue weighted by Gasteiger charge is 2.30. The molecule has 5 nitrogen and oxygen atoms in total. The lowest BCUT2D eigenvalue weighted by Crippen LogP contribution is -2.29. The van der Waals surface area contributed by atoms with Crippen molar-refractivity contribution >= 4 is 21.6 Å². The zero-order valence-electron chi connectivity index (χ0n) is 18.1. The molecule has 0 atom stereocenters. The molecule has 3 rings (SSSR count). The van der Waals surface area contributed by atoms with E-state index in [1.165, 1.54) is 40.7 Å². The quantitative estimate of drug-likeness (QED) is 0.527. The third kappa shape index (κ3) is 6.35. The molecule has 0 fully saturated rings. The first-order chi connectivity index (χ1) is 15.4. The summed E-state index contributed by atoms with van der Waals surface area (Å²) in [7, 11) is -3.59. The zero-order valence-corrected chi connectivity index (χ0v) is 18.9. The number of alkyl halides is 3. The van der Waals surface area contributed by atoms with Crippen LogP contribution in [0, 0.1) is 6.92 Å². The Balaban J connectivity index is 1.73. The number of halogens is 3. The summed E-state index contributed by atoms with van der Waals surface area (Å²) in [6.45, 7) is 1.97. The van der Waals surface area contributed by atoms with Gasteiger partial charge in [0.25, 0.3) is 5.91 Å². The highest BCUT2D eigenvalue weighted by Crippen LogP contribution is 2.29. The van der Waals surface area contributed by atoms with E-state index in [-0.39, 0.29) is 18.7 Å². The van der Waals surface area contributed by atoms with Crippen molar-refractivity contribution < 1.29 is 26.4 Å². The Kier molecular flexibility index (Phi) is 7.12. The minimum Gasteiger partial charge on any atom is -0.348 e. The average Bonchev–Trinajstić information content (AvgIpc) is 2.76. The Hall–Kier alpha value is -3.33. The van der Waals surface area contributed by atoms with Gasteiger partial charge in [0, 0.05) is 12.1 Å². The van der Waals surface area contributed by atoms with Crippen molar-refractivity contribution in [3.8, 4) is 0 Å². The number of nitrogens with zero attached hydrogens (tertiary/aromatic N) is 1. The van der Waals surface area contributed by atoms with Crippen LogP contribution in [0.1, 0.15) is 32.6 Å². The summed E-state index contributed by atoms with van der Waals surface area (Å²) in [5.74, 6) is -0.483. The van der Waals surface area contributed by atoms with E-state index in [4.69, 9.17) is 0 Å². The number of nitrogens with one attached hydrogen (secondary N) is 1. The number of amides is 1. The van der Waals surface area contributed by atoms with Crippen LogP contribution in [-0.2, 0) is 29.3 Å². The topological polar surface area (TPSA) is 66.5 Å². The minimum absolute atomic E-state index is 0.0761. The molecule has 0 heterocycles. The molecule has 33 heavy (non-hydrogen) atoms. The monoisotopic (exact) mass is 476 g/mol. The van der Waals surface area contributed by atoms with Gasteiger partial charge in [-0.2, -0.15) is 13.2 Å². The van der Waals surface area contributed by atoms with Crippen LogP contribution in [0.4, 0.5) is 18.9 Å². The molecule has 9 heteroatoms. The van der Waals surface area contributed by atoms with Crippen LogP contribution in [-0.4, -0.2) is 20.6 Å². The Morgan fingerprint density at radius 3 is 2.24 bits per heavy atom. The molecular formula is C24H23F3N2O3S. The van der Waals surface area contributed by atoms with Crippen LogP contribution >= 0.6 is 0 Å². The predicted octanol–water partition coefficient (Wildman–Crippen LogP) is 4.91. The van der Waals surface area contributed by atoms with Gasteiger partial charge in [-0.05, 0) is 60.0 Å². The molecule has 174 valence electrons. The molecule has 0 aliphatic heterocycles. The fraction of sp³-hybridized carbons (Fsp3) is 0.208. The molecule has 0 saturated carbocycles. The fourth-order valence-corrected chi connectivity index (χ4v) is 4.14. The number of benzene rings is 3. The van der Waals surface area contributed by atoms with Gasteiger partial charge in [-0.25, -0.2) is 8.42 Å². The molecule has 0 aliphatic rings. The highest BCUT2D eigenvalue weighted by atomic mass is 32.2. The first-order valence-electron chi connectivity index (χ1n) is 10.0. The molecule has 3 aromatic rings. The number of hydrogen-bond acceptors (Lipinski definition) is 3. The van der Waals surface area contributed by atoms with E-state index in [2.05, 4.69) is 5.32 Å².